The molecule has 2 N–H and O–H groups in total. The van der Waals surface area contributed by atoms with Gasteiger partial charge in [-0.2, -0.15) is 5.10 Å². The third-order valence-electron chi connectivity index (χ3n) is 3.05. The predicted octanol–water partition coefficient (Wildman–Crippen LogP) is 1.98. The molecule has 5 heteroatoms. The van der Waals surface area contributed by atoms with E-state index in [1.54, 1.807) is 29.8 Å². The first-order valence-electron chi connectivity index (χ1n) is 6.00. The maximum atomic E-state index is 12.0. The number of ether oxygens (including phenoxy) is 1. The Morgan fingerprint density at radius 1 is 1.42 bits per heavy atom. The summed E-state index contributed by atoms with van der Waals surface area (Å²) < 4.78 is 6.99. The maximum Gasteiger partial charge on any atom is 0.338 e. The molecular formula is C14H17N3O2. The largest absolute Gasteiger partial charge is 0.456 e. The minimum Gasteiger partial charge on any atom is -0.456 e. The van der Waals surface area contributed by atoms with Crippen molar-refractivity contribution in [1.29, 1.82) is 0 Å². The van der Waals surface area contributed by atoms with Gasteiger partial charge in [0.15, 0.2) is 0 Å². The number of hydrogen-bond acceptors (Lipinski definition) is 4. The van der Waals surface area contributed by atoms with E-state index < -0.39 is 0 Å². The Hall–Kier alpha value is -2.30. The molecule has 0 spiro atoms. The molecule has 0 fully saturated rings. The molecule has 0 aliphatic heterocycles. The Kier molecular flexibility index (Phi) is 3.55. The summed E-state index contributed by atoms with van der Waals surface area (Å²) in [7, 11) is 1.82. The van der Waals surface area contributed by atoms with E-state index in [0.717, 1.165) is 17.0 Å². The van der Waals surface area contributed by atoms with E-state index in [-0.39, 0.29) is 12.6 Å². The Morgan fingerprint density at radius 2 is 2.16 bits per heavy atom. The highest BCUT2D eigenvalue weighted by Crippen LogP contribution is 2.17. The van der Waals surface area contributed by atoms with Crippen LogP contribution in [-0.4, -0.2) is 15.7 Å². The van der Waals surface area contributed by atoms with Crippen molar-refractivity contribution < 1.29 is 9.53 Å². The van der Waals surface area contributed by atoms with Gasteiger partial charge in [-0.05, 0) is 37.6 Å². The second-order valence-electron chi connectivity index (χ2n) is 4.50. The van der Waals surface area contributed by atoms with Crippen LogP contribution in [0.3, 0.4) is 0 Å². The Bertz CT molecular complexity index is 617. The van der Waals surface area contributed by atoms with Gasteiger partial charge >= 0.3 is 5.97 Å². The molecule has 100 valence electrons. The van der Waals surface area contributed by atoms with Crippen molar-refractivity contribution in [3.63, 3.8) is 0 Å². The number of carbonyl (C=O) groups is 1. The second kappa shape index (κ2) is 5.14. The average Bonchev–Trinajstić information content (AvgIpc) is 2.68. The zero-order chi connectivity index (χ0) is 14.0. The van der Waals surface area contributed by atoms with Crippen LogP contribution in [0.4, 0.5) is 5.69 Å². The molecule has 0 saturated carbocycles. The summed E-state index contributed by atoms with van der Waals surface area (Å²) >= 11 is 0. The molecular weight excluding hydrogens is 242 g/mol. The molecule has 0 aliphatic carbocycles. The number of anilines is 1. The van der Waals surface area contributed by atoms with Crippen LogP contribution in [0.25, 0.3) is 0 Å². The zero-order valence-corrected chi connectivity index (χ0v) is 11.3. The number of esters is 1. The van der Waals surface area contributed by atoms with Gasteiger partial charge in [-0.15, -0.1) is 0 Å². The van der Waals surface area contributed by atoms with Crippen molar-refractivity contribution in [2.75, 3.05) is 5.73 Å². The minimum atomic E-state index is -0.372. The normalized spacial score (nSPS) is 10.5. The quantitative estimate of drug-likeness (QED) is 0.676. The van der Waals surface area contributed by atoms with Crippen LogP contribution in [0, 0.1) is 13.8 Å². The lowest BCUT2D eigenvalue weighted by Gasteiger charge is -2.08. The van der Waals surface area contributed by atoms with Crippen LogP contribution >= 0.6 is 0 Å². The Morgan fingerprint density at radius 3 is 2.79 bits per heavy atom. The molecule has 0 saturated heterocycles. The Balaban J connectivity index is 2.10. The van der Waals surface area contributed by atoms with Crippen LogP contribution in [0.1, 0.15) is 27.3 Å². The van der Waals surface area contributed by atoms with Crippen LogP contribution < -0.4 is 5.73 Å². The van der Waals surface area contributed by atoms with Crippen molar-refractivity contribution in [2.24, 2.45) is 7.05 Å². The van der Waals surface area contributed by atoms with Gasteiger partial charge in [-0.3, -0.25) is 4.68 Å². The summed E-state index contributed by atoms with van der Waals surface area (Å²) in [5.74, 6) is -0.372. The van der Waals surface area contributed by atoms with Crippen molar-refractivity contribution in [3.8, 4) is 0 Å². The summed E-state index contributed by atoms with van der Waals surface area (Å²) in [6, 6.07) is 7.10. The van der Waals surface area contributed by atoms with Crippen LogP contribution in [0.5, 0.6) is 0 Å². The molecule has 1 heterocycles. The third-order valence-corrected chi connectivity index (χ3v) is 3.05. The number of nitrogens with two attached hydrogens (primary N) is 1. The number of nitrogen functional groups attached to an aromatic ring is 1. The molecule has 0 aliphatic rings. The molecule has 0 radical (unpaired) electrons. The van der Waals surface area contributed by atoms with Crippen LogP contribution in [0.2, 0.25) is 0 Å². The van der Waals surface area contributed by atoms with E-state index in [2.05, 4.69) is 5.10 Å². The van der Waals surface area contributed by atoms with Gasteiger partial charge in [-0.25, -0.2) is 4.79 Å². The summed E-state index contributed by atoms with van der Waals surface area (Å²) in [5, 5.41) is 4.20. The minimum absolute atomic E-state index is 0.199. The third kappa shape index (κ3) is 2.76. The number of rotatable bonds is 3. The number of nitrogens with zero attached hydrogens (tertiary/aromatic N) is 2. The highest BCUT2D eigenvalue weighted by Gasteiger charge is 2.13. The molecule has 0 bridgehead atoms. The molecule has 0 atom stereocenters. The summed E-state index contributed by atoms with van der Waals surface area (Å²) in [6.45, 7) is 3.90. The molecule has 1 aromatic carbocycles. The molecule has 0 unspecified atom stereocenters. The van der Waals surface area contributed by atoms with Gasteiger partial charge in [-0.1, -0.05) is 6.07 Å². The van der Waals surface area contributed by atoms with Gasteiger partial charge in [0.2, 0.25) is 0 Å². The fourth-order valence-corrected chi connectivity index (χ4v) is 1.89. The molecule has 5 nitrogen and oxygen atoms in total. The summed E-state index contributed by atoms with van der Waals surface area (Å²) in [4.78, 5) is 12.0. The standard InChI is InChI=1S/C14H17N3O2/c1-9-7-11(17(3)16-9)8-19-14(18)12-5-4-6-13(15)10(12)2/h4-7H,8,15H2,1-3H3. The SMILES string of the molecule is Cc1cc(COC(=O)c2cccc(N)c2C)n(C)n1. The van der Waals surface area contributed by atoms with Gasteiger partial charge in [0.25, 0.3) is 0 Å². The van der Waals surface area contributed by atoms with Crippen LogP contribution in [-0.2, 0) is 18.4 Å². The molecule has 2 rings (SSSR count). The van der Waals surface area contributed by atoms with Crippen molar-refractivity contribution in [1.82, 2.24) is 9.78 Å². The number of aryl methyl sites for hydroxylation is 2. The number of hydrogen-bond donors (Lipinski definition) is 1. The van der Waals surface area contributed by atoms with E-state index in [0.29, 0.717) is 11.3 Å². The Labute approximate surface area is 112 Å². The van der Waals surface area contributed by atoms with Crippen molar-refractivity contribution in [3.05, 3.63) is 46.8 Å². The lowest BCUT2D eigenvalue weighted by molar-refractivity contribution is 0.0462. The predicted molar refractivity (Wildman–Crippen MR) is 72.7 cm³/mol. The summed E-state index contributed by atoms with van der Waals surface area (Å²) in [6.07, 6.45) is 0. The number of benzene rings is 1. The fraction of sp³-hybridized carbons (Fsp3) is 0.286. The lowest BCUT2D eigenvalue weighted by Crippen LogP contribution is -2.10. The first-order valence-corrected chi connectivity index (χ1v) is 6.00. The number of aromatic nitrogens is 2. The van der Waals surface area contributed by atoms with Crippen LogP contribution in [0.15, 0.2) is 24.3 Å². The molecule has 19 heavy (non-hydrogen) atoms. The average molecular weight is 259 g/mol. The zero-order valence-electron chi connectivity index (χ0n) is 11.3. The highest BCUT2D eigenvalue weighted by atomic mass is 16.5. The van der Waals surface area contributed by atoms with Gasteiger partial charge < -0.3 is 10.5 Å². The van der Waals surface area contributed by atoms with E-state index in [4.69, 9.17) is 10.5 Å². The molecule has 1 aromatic heterocycles. The topological polar surface area (TPSA) is 70.1 Å². The van der Waals surface area contributed by atoms with E-state index >= 15 is 0 Å². The molecule has 0 amide bonds. The van der Waals surface area contributed by atoms with Crippen molar-refractivity contribution in [2.45, 2.75) is 20.5 Å². The monoisotopic (exact) mass is 259 g/mol. The molecule has 2 aromatic rings. The number of carbonyl (C=O) groups excluding carboxylic acids is 1. The maximum absolute atomic E-state index is 12.0. The smallest absolute Gasteiger partial charge is 0.338 e. The fourth-order valence-electron chi connectivity index (χ4n) is 1.89. The van der Waals surface area contributed by atoms with E-state index in [1.165, 1.54) is 0 Å². The van der Waals surface area contributed by atoms with Gasteiger partial charge in [0, 0.05) is 12.7 Å². The second-order valence-corrected chi connectivity index (χ2v) is 4.50. The van der Waals surface area contributed by atoms with E-state index in [9.17, 15) is 4.79 Å². The van der Waals surface area contributed by atoms with Gasteiger partial charge in [0.1, 0.15) is 6.61 Å². The first-order chi connectivity index (χ1) is 8.99. The lowest BCUT2D eigenvalue weighted by atomic mass is 10.1. The van der Waals surface area contributed by atoms with Crippen molar-refractivity contribution >= 4 is 11.7 Å². The summed E-state index contributed by atoms with van der Waals surface area (Å²) in [5.41, 5.74) is 9.35. The van der Waals surface area contributed by atoms with E-state index in [1.807, 2.05) is 20.0 Å². The van der Waals surface area contributed by atoms with Gasteiger partial charge in [0.05, 0.1) is 17.0 Å². The highest BCUT2D eigenvalue weighted by molar-refractivity contribution is 5.92. The first kappa shape index (κ1) is 13.1.